The fourth-order valence-electron chi connectivity index (χ4n) is 2.21. The fourth-order valence-corrected chi connectivity index (χ4v) is 4.27. The first kappa shape index (κ1) is 16.0. The Bertz CT molecular complexity index is 635. The van der Waals surface area contributed by atoms with Gasteiger partial charge < -0.3 is 9.47 Å². The minimum Gasteiger partial charge on any atom is -0.348 e. The molecule has 0 radical (unpaired) electrons. The van der Waals surface area contributed by atoms with E-state index in [0.29, 0.717) is 0 Å². The number of para-hydroxylation sites is 1. The first-order chi connectivity index (χ1) is 10.5. The van der Waals surface area contributed by atoms with Crippen molar-refractivity contribution in [3.63, 3.8) is 0 Å². The molecular formula is C17H21NO2S2. The standard InChI is InChI=1S/C17H21NO2S2/c1-12(15-19-10-17(2,3)11-20-15)8-9-21-16-18-13-6-4-5-7-14(13)22-16/h4-8,15H,9-11H2,1-3H3. The summed E-state index contributed by atoms with van der Waals surface area (Å²) < 4.78 is 13.9. The van der Waals surface area contributed by atoms with Gasteiger partial charge >= 0.3 is 0 Å². The van der Waals surface area contributed by atoms with Crippen molar-refractivity contribution in [3.05, 3.63) is 35.9 Å². The Kier molecular flexibility index (Phi) is 4.88. The van der Waals surface area contributed by atoms with Crippen LogP contribution in [-0.4, -0.2) is 30.2 Å². The molecule has 1 aromatic heterocycles. The number of benzene rings is 1. The lowest BCUT2D eigenvalue weighted by Crippen LogP contribution is -2.38. The van der Waals surface area contributed by atoms with Crippen LogP contribution in [0, 0.1) is 5.41 Å². The number of rotatable bonds is 4. The number of thiazole rings is 1. The third-order valence-corrected chi connectivity index (χ3v) is 5.62. The van der Waals surface area contributed by atoms with Crippen LogP contribution in [0.2, 0.25) is 0 Å². The van der Waals surface area contributed by atoms with Crippen molar-refractivity contribution in [2.24, 2.45) is 5.41 Å². The predicted octanol–water partition coefficient (Wildman–Crippen LogP) is 4.73. The maximum absolute atomic E-state index is 5.79. The van der Waals surface area contributed by atoms with Crippen molar-refractivity contribution in [1.29, 1.82) is 0 Å². The van der Waals surface area contributed by atoms with Gasteiger partial charge in [-0.05, 0) is 24.6 Å². The van der Waals surface area contributed by atoms with Gasteiger partial charge in [-0.25, -0.2) is 4.98 Å². The van der Waals surface area contributed by atoms with Crippen LogP contribution in [0.4, 0.5) is 0 Å². The summed E-state index contributed by atoms with van der Waals surface area (Å²) in [5.41, 5.74) is 2.34. The quantitative estimate of drug-likeness (QED) is 0.597. The number of hydrogen-bond acceptors (Lipinski definition) is 5. The Morgan fingerprint density at radius 3 is 2.82 bits per heavy atom. The van der Waals surface area contributed by atoms with Gasteiger partial charge in [-0.3, -0.25) is 0 Å². The lowest BCUT2D eigenvalue weighted by molar-refractivity contribution is -0.202. The summed E-state index contributed by atoms with van der Waals surface area (Å²) in [5.74, 6) is 0.887. The molecule has 1 aromatic carbocycles. The Morgan fingerprint density at radius 1 is 1.36 bits per heavy atom. The Labute approximate surface area is 139 Å². The summed E-state index contributed by atoms with van der Waals surface area (Å²) in [7, 11) is 0. The Morgan fingerprint density at radius 2 is 2.09 bits per heavy atom. The topological polar surface area (TPSA) is 31.4 Å². The SMILES string of the molecule is CC(=CCSc1nc2ccccc2s1)C1OCC(C)(C)CO1. The maximum atomic E-state index is 5.79. The second-order valence-electron chi connectivity index (χ2n) is 6.32. The molecule has 22 heavy (non-hydrogen) atoms. The van der Waals surface area contributed by atoms with Crippen LogP contribution in [0.3, 0.4) is 0 Å². The zero-order valence-electron chi connectivity index (χ0n) is 13.2. The first-order valence-corrected chi connectivity index (χ1v) is 9.22. The molecule has 0 unspecified atom stereocenters. The highest BCUT2D eigenvalue weighted by atomic mass is 32.2. The molecule has 0 atom stereocenters. The van der Waals surface area contributed by atoms with Crippen molar-refractivity contribution >= 4 is 33.3 Å². The van der Waals surface area contributed by atoms with E-state index in [9.17, 15) is 0 Å². The van der Waals surface area contributed by atoms with Crippen LogP contribution in [0.25, 0.3) is 10.2 Å². The molecule has 0 spiro atoms. The number of ether oxygens (including phenoxy) is 2. The van der Waals surface area contributed by atoms with Gasteiger partial charge in [0.15, 0.2) is 10.6 Å². The van der Waals surface area contributed by atoms with E-state index in [0.717, 1.165) is 34.4 Å². The molecule has 0 N–H and O–H groups in total. The van der Waals surface area contributed by atoms with Crippen molar-refractivity contribution in [2.75, 3.05) is 19.0 Å². The third kappa shape index (κ3) is 3.90. The molecule has 1 fully saturated rings. The Balaban J connectivity index is 1.55. The summed E-state index contributed by atoms with van der Waals surface area (Å²) >= 11 is 3.50. The summed E-state index contributed by atoms with van der Waals surface area (Å²) in [4.78, 5) is 4.63. The maximum Gasteiger partial charge on any atom is 0.179 e. The van der Waals surface area contributed by atoms with E-state index in [1.165, 1.54) is 4.70 Å². The largest absolute Gasteiger partial charge is 0.348 e. The lowest BCUT2D eigenvalue weighted by atomic mass is 9.95. The molecule has 118 valence electrons. The van der Waals surface area contributed by atoms with Crippen molar-refractivity contribution < 1.29 is 9.47 Å². The number of thioether (sulfide) groups is 1. The normalized spacial score (nSPS) is 19.7. The van der Waals surface area contributed by atoms with E-state index in [1.807, 2.05) is 6.07 Å². The van der Waals surface area contributed by atoms with E-state index in [4.69, 9.17) is 9.47 Å². The van der Waals surface area contributed by atoms with Gasteiger partial charge in [-0.1, -0.05) is 43.8 Å². The monoisotopic (exact) mass is 335 g/mol. The zero-order chi connectivity index (χ0) is 15.6. The van der Waals surface area contributed by atoms with E-state index < -0.39 is 0 Å². The molecule has 0 saturated carbocycles. The molecule has 2 aromatic rings. The second-order valence-corrected chi connectivity index (χ2v) is 8.62. The zero-order valence-corrected chi connectivity index (χ0v) is 14.8. The van der Waals surface area contributed by atoms with Gasteiger partial charge in [-0.2, -0.15) is 0 Å². The summed E-state index contributed by atoms with van der Waals surface area (Å²) in [6.45, 7) is 7.88. The molecule has 1 saturated heterocycles. The Hall–Kier alpha value is -0.880. The minimum atomic E-state index is -0.191. The van der Waals surface area contributed by atoms with Crippen LogP contribution in [0.5, 0.6) is 0 Å². The number of hydrogen-bond donors (Lipinski definition) is 0. The van der Waals surface area contributed by atoms with Gasteiger partial charge in [0.25, 0.3) is 0 Å². The van der Waals surface area contributed by atoms with Crippen LogP contribution in [0.15, 0.2) is 40.3 Å². The molecule has 0 bridgehead atoms. The molecule has 3 nitrogen and oxygen atoms in total. The summed E-state index contributed by atoms with van der Waals surface area (Å²) in [5, 5.41) is 0. The average Bonchev–Trinajstić information content (AvgIpc) is 2.89. The predicted molar refractivity (Wildman–Crippen MR) is 93.6 cm³/mol. The molecule has 3 rings (SSSR count). The van der Waals surface area contributed by atoms with Crippen molar-refractivity contribution in [3.8, 4) is 0 Å². The van der Waals surface area contributed by atoms with Crippen molar-refractivity contribution in [2.45, 2.75) is 31.4 Å². The van der Waals surface area contributed by atoms with Crippen molar-refractivity contribution in [1.82, 2.24) is 4.98 Å². The van der Waals surface area contributed by atoms with Gasteiger partial charge in [0.05, 0.1) is 23.4 Å². The van der Waals surface area contributed by atoms with E-state index in [-0.39, 0.29) is 11.7 Å². The van der Waals surface area contributed by atoms with E-state index in [2.05, 4.69) is 50.0 Å². The molecule has 0 amide bonds. The fraction of sp³-hybridized carbons (Fsp3) is 0.471. The molecule has 5 heteroatoms. The van der Waals surface area contributed by atoms with Gasteiger partial charge in [0.2, 0.25) is 0 Å². The number of aromatic nitrogens is 1. The van der Waals surface area contributed by atoms with Gasteiger partial charge in [-0.15, -0.1) is 11.3 Å². The molecule has 1 aliphatic heterocycles. The second kappa shape index (κ2) is 6.71. The lowest BCUT2D eigenvalue weighted by Gasteiger charge is -2.35. The third-order valence-electron chi connectivity index (χ3n) is 3.51. The van der Waals surface area contributed by atoms with Gasteiger partial charge in [0.1, 0.15) is 0 Å². The highest BCUT2D eigenvalue weighted by Crippen LogP contribution is 2.30. The smallest absolute Gasteiger partial charge is 0.179 e. The summed E-state index contributed by atoms with van der Waals surface area (Å²) in [6, 6.07) is 8.25. The van der Waals surface area contributed by atoms with E-state index in [1.54, 1.807) is 23.1 Å². The first-order valence-electron chi connectivity index (χ1n) is 7.42. The molecule has 1 aliphatic rings. The number of nitrogens with zero attached hydrogens (tertiary/aromatic N) is 1. The number of fused-ring (bicyclic) bond motifs is 1. The summed E-state index contributed by atoms with van der Waals surface area (Å²) in [6.07, 6.45) is 1.99. The van der Waals surface area contributed by atoms with Crippen LogP contribution < -0.4 is 0 Å². The minimum absolute atomic E-state index is 0.118. The average molecular weight is 335 g/mol. The van der Waals surface area contributed by atoms with Crippen LogP contribution in [0.1, 0.15) is 20.8 Å². The van der Waals surface area contributed by atoms with Crippen LogP contribution >= 0.6 is 23.1 Å². The molecule has 0 aliphatic carbocycles. The van der Waals surface area contributed by atoms with Crippen LogP contribution in [-0.2, 0) is 9.47 Å². The highest BCUT2D eigenvalue weighted by molar-refractivity contribution is 8.01. The van der Waals surface area contributed by atoms with E-state index >= 15 is 0 Å². The molecule has 2 heterocycles. The highest BCUT2D eigenvalue weighted by Gasteiger charge is 2.28. The van der Waals surface area contributed by atoms with Gasteiger partial charge in [0, 0.05) is 11.2 Å². The molecular weight excluding hydrogens is 314 g/mol.